The van der Waals surface area contributed by atoms with Gasteiger partial charge in [0.2, 0.25) is 0 Å². The average Bonchev–Trinajstić information content (AvgIpc) is 2.43. The van der Waals surface area contributed by atoms with Gasteiger partial charge in [-0.1, -0.05) is 23.7 Å². The number of hydrogen-bond acceptors (Lipinski definition) is 5. The van der Waals surface area contributed by atoms with Gasteiger partial charge in [0.1, 0.15) is 10.1 Å². The number of benzene rings is 2. The molecule has 0 N–H and O–H groups in total. The van der Waals surface area contributed by atoms with Crippen LogP contribution >= 0.6 is 11.6 Å². The Kier molecular flexibility index (Phi) is 4.64. The molecule has 2 aromatic rings. The zero-order chi connectivity index (χ0) is 15.4. The van der Waals surface area contributed by atoms with Gasteiger partial charge in [0.15, 0.2) is 11.6 Å². The predicted molar refractivity (Wildman–Crippen MR) is 72.7 cm³/mol. The summed E-state index contributed by atoms with van der Waals surface area (Å²) < 4.78 is 33.1. The van der Waals surface area contributed by atoms with Gasteiger partial charge in [-0.2, -0.15) is 0 Å². The van der Waals surface area contributed by atoms with E-state index in [1.165, 1.54) is 18.2 Å². The van der Waals surface area contributed by atoms with Crippen LogP contribution in [-0.4, -0.2) is 24.5 Å². The SMILES string of the molecule is O=C1c2cc(S(=O)(=O)[O-])ccc2C(=O)c2c(Cl)cccc21.[Na+]. The van der Waals surface area contributed by atoms with E-state index in [-0.39, 0.29) is 56.8 Å². The summed E-state index contributed by atoms with van der Waals surface area (Å²) in [6.07, 6.45) is 0. The zero-order valence-corrected chi connectivity index (χ0v) is 14.9. The number of carbonyl (C=O) groups excluding carboxylic acids is 2. The molecule has 0 heterocycles. The maximum Gasteiger partial charge on any atom is 1.00 e. The fourth-order valence-corrected chi connectivity index (χ4v) is 3.05. The number of fused-ring (bicyclic) bond motifs is 2. The van der Waals surface area contributed by atoms with Crippen molar-refractivity contribution in [1.29, 1.82) is 0 Å². The van der Waals surface area contributed by atoms with E-state index < -0.39 is 26.6 Å². The molecule has 22 heavy (non-hydrogen) atoms. The molecule has 0 saturated heterocycles. The number of rotatable bonds is 1. The second kappa shape index (κ2) is 5.88. The standard InChI is InChI=1S/C14H7ClO5S.Na/c15-11-3-1-2-9-12(11)14(17)8-5-4-7(21(18,19)20)6-10(8)13(9)16;/h1-6H,(H,18,19,20);/q;+1/p-1. The summed E-state index contributed by atoms with van der Waals surface area (Å²) in [6.45, 7) is 0. The normalized spacial score (nSPS) is 13.2. The Labute approximate surface area is 153 Å². The third-order valence-electron chi connectivity index (χ3n) is 3.25. The van der Waals surface area contributed by atoms with Crippen molar-refractivity contribution in [3.05, 3.63) is 63.7 Å². The fourth-order valence-electron chi connectivity index (χ4n) is 2.29. The van der Waals surface area contributed by atoms with Gasteiger partial charge < -0.3 is 4.55 Å². The van der Waals surface area contributed by atoms with E-state index in [1.807, 2.05) is 0 Å². The second-order valence-electron chi connectivity index (χ2n) is 4.48. The minimum Gasteiger partial charge on any atom is -0.744 e. The molecular weight excluding hydrogens is 339 g/mol. The minimum absolute atomic E-state index is 0. The van der Waals surface area contributed by atoms with Crippen LogP contribution in [-0.2, 0) is 10.1 Å². The van der Waals surface area contributed by atoms with Gasteiger partial charge in [0.05, 0.1) is 15.5 Å². The van der Waals surface area contributed by atoms with Gasteiger partial charge in [0.25, 0.3) is 0 Å². The molecule has 0 saturated carbocycles. The van der Waals surface area contributed by atoms with Crippen LogP contribution < -0.4 is 29.6 Å². The number of ketones is 2. The maximum absolute atomic E-state index is 12.4. The van der Waals surface area contributed by atoms with Gasteiger partial charge in [-0.05, 0) is 24.3 Å². The van der Waals surface area contributed by atoms with Crippen molar-refractivity contribution in [1.82, 2.24) is 0 Å². The summed E-state index contributed by atoms with van der Waals surface area (Å²) in [7, 11) is -4.70. The van der Waals surface area contributed by atoms with Crippen LogP contribution in [0, 0.1) is 0 Å². The zero-order valence-electron chi connectivity index (χ0n) is 11.3. The van der Waals surface area contributed by atoms with Gasteiger partial charge in [0, 0.05) is 16.7 Å². The third kappa shape index (κ3) is 2.67. The summed E-state index contributed by atoms with van der Waals surface area (Å²) in [6, 6.07) is 7.55. The largest absolute Gasteiger partial charge is 1.00 e. The van der Waals surface area contributed by atoms with Crippen molar-refractivity contribution in [2.75, 3.05) is 0 Å². The van der Waals surface area contributed by atoms with Crippen molar-refractivity contribution >= 4 is 33.3 Å². The van der Waals surface area contributed by atoms with Crippen molar-refractivity contribution in [2.24, 2.45) is 0 Å². The Morgan fingerprint density at radius 3 is 2.23 bits per heavy atom. The molecule has 106 valence electrons. The molecule has 8 heteroatoms. The Morgan fingerprint density at radius 1 is 0.909 bits per heavy atom. The minimum atomic E-state index is -4.70. The molecule has 5 nitrogen and oxygen atoms in total. The number of hydrogen-bond donors (Lipinski definition) is 0. The van der Waals surface area contributed by atoms with E-state index in [0.717, 1.165) is 18.2 Å². The van der Waals surface area contributed by atoms with Crippen molar-refractivity contribution in [3.8, 4) is 0 Å². The van der Waals surface area contributed by atoms with Crippen molar-refractivity contribution in [3.63, 3.8) is 0 Å². The first-order valence-electron chi connectivity index (χ1n) is 5.78. The fraction of sp³-hybridized carbons (Fsp3) is 0. The maximum atomic E-state index is 12.4. The Morgan fingerprint density at radius 2 is 1.59 bits per heavy atom. The van der Waals surface area contributed by atoms with Crippen LogP contribution in [0.5, 0.6) is 0 Å². The molecule has 2 aromatic carbocycles. The van der Waals surface area contributed by atoms with Crippen LogP contribution in [0.3, 0.4) is 0 Å². The van der Waals surface area contributed by atoms with Crippen LogP contribution in [0.15, 0.2) is 41.3 Å². The molecule has 0 bridgehead atoms. The summed E-state index contributed by atoms with van der Waals surface area (Å²) in [5.74, 6) is -1.01. The second-order valence-corrected chi connectivity index (χ2v) is 6.27. The molecule has 0 aromatic heterocycles. The molecule has 0 spiro atoms. The van der Waals surface area contributed by atoms with E-state index in [9.17, 15) is 22.6 Å². The Bertz CT molecular complexity index is 921. The molecule has 0 atom stereocenters. The topological polar surface area (TPSA) is 91.3 Å². The van der Waals surface area contributed by atoms with Gasteiger partial charge >= 0.3 is 29.6 Å². The smallest absolute Gasteiger partial charge is 0.744 e. The van der Waals surface area contributed by atoms with Crippen LogP contribution in [0.2, 0.25) is 5.02 Å². The summed E-state index contributed by atoms with van der Waals surface area (Å²) in [5.41, 5.74) is 0.120. The molecule has 0 amide bonds. The molecule has 1 aliphatic carbocycles. The van der Waals surface area contributed by atoms with E-state index in [0.29, 0.717) is 0 Å². The molecule has 0 radical (unpaired) electrons. The van der Waals surface area contributed by atoms with Crippen LogP contribution in [0.25, 0.3) is 0 Å². The molecule has 1 aliphatic rings. The summed E-state index contributed by atoms with van der Waals surface area (Å²) in [4.78, 5) is 24.2. The van der Waals surface area contributed by atoms with Gasteiger partial charge in [-0.25, -0.2) is 8.42 Å². The first kappa shape index (κ1) is 17.3. The number of halogens is 1. The summed E-state index contributed by atoms with van der Waals surface area (Å²) >= 11 is 5.95. The first-order valence-corrected chi connectivity index (χ1v) is 7.57. The Balaban J connectivity index is 0.00000176. The first-order chi connectivity index (χ1) is 9.80. The average molecular weight is 345 g/mol. The number of carbonyl (C=O) groups is 2. The molecule has 0 aliphatic heterocycles. The van der Waals surface area contributed by atoms with E-state index in [1.54, 1.807) is 0 Å². The van der Waals surface area contributed by atoms with Crippen molar-refractivity contribution in [2.45, 2.75) is 4.90 Å². The van der Waals surface area contributed by atoms with Crippen molar-refractivity contribution < 1.29 is 52.1 Å². The predicted octanol–water partition coefficient (Wildman–Crippen LogP) is -0.976. The monoisotopic (exact) mass is 344 g/mol. The molecule has 0 fully saturated rings. The van der Waals surface area contributed by atoms with E-state index >= 15 is 0 Å². The van der Waals surface area contributed by atoms with E-state index in [2.05, 4.69) is 0 Å². The van der Waals surface area contributed by atoms with E-state index in [4.69, 9.17) is 11.6 Å². The molecule has 3 rings (SSSR count). The van der Waals surface area contributed by atoms with Crippen LogP contribution in [0.1, 0.15) is 31.8 Å². The van der Waals surface area contributed by atoms with Crippen LogP contribution in [0.4, 0.5) is 0 Å². The molecule has 0 unspecified atom stereocenters. The third-order valence-corrected chi connectivity index (χ3v) is 4.40. The quantitative estimate of drug-likeness (QED) is 0.418. The Hall–Kier alpha value is -1.02. The van der Waals surface area contributed by atoms with Gasteiger partial charge in [-0.15, -0.1) is 0 Å². The van der Waals surface area contributed by atoms with Gasteiger partial charge in [-0.3, -0.25) is 9.59 Å². The molecular formula is C14H6ClNaO5S. The summed E-state index contributed by atoms with van der Waals surface area (Å²) in [5, 5.41) is 0.150.